The number of aromatic nitrogens is 3. The van der Waals surface area contributed by atoms with Crippen LogP contribution in [0.25, 0.3) is 11.5 Å². The Hall–Kier alpha value is -3.89. The minimum absolute atomic E-state index is 0.275. The summed E-state index contributed by atoms with van der Waals surface area (Å²) in [6, 6.07) is 7.07. The molecule has 4 aliphatic rings. The number of aryl methyl sites for hydroxylation is 1. The van der Waals surface area contributed by atoms with Gasteiger partial charge < -0.3 is 29.7 Å². The number of carbonyl (C=O) groups excluding carboxylic acids is 1. The van der Waals surface area contributed by atoms with E-state index in [0.29, 0.717) is 60.2 Å². The number of nitrogens with zero attached hydrogens (tertiary/aromatic N) is 8. The number of nitriles is 1. The molecule has 6 heterocycles. The van der Waals surface area contributed by atoms with Crippen molar-refractivity contribution in [2.24, 2.45) is 0 Å². The molecule has 3 aliphatic heterocycles. The highest BCUT2D eigenvalue weighted by molar-refractivity contribution is 7.16. The van der Waals surface area contributed by atoms with Crippen molar-refractivity contribution in [3.05, 3.63) is 34.0 Å². The normalized spacial score (nSPS) is 23.6. The van der Waals surface area contributed by atoms with Gasteiger partial charge in [0.15, 0.2) is 0 Å². The molecule has 7 rings (SSSR count). The lowest BCUT2D eigenvalue weighted by molar-refractivity contribution is 0.0240. The highest BCUT2D eigenvalue weighted by Gasteiger charge is 2.43. The van der Waals surface area contributed by atoms with Crippen LogP contribution in [0.5, 0.6) is 0 Å². The van der Waals surface area contributed by atoms with Crippen molar-refractivity contribution >= 4 is 33.9 Å². The number of amides is 1. The molecule has 1 aliphatic carbocycles. The predicted octanol–water partition coefficient (Wildman–Crippen LogP) is 4.63. The molecule has 0 radical (unpaired) electrons. The van der Waals surface area contributed by atoms with Crippen LogP contribution in [0, 0.1) is 11.3 Å². The van der Waals surface area contributed by atoms with Crippen molar-refractivity contribution in [3.8, 4) is 17.6 Å². The van der Waals surface area contributed by atoms with Gasteiger partial charge in [0.25, 0.3) is 0 Å². The molecule has 0 bridgehead atoms. The first-order valence-corrected chi connectivity index (χ1v) is 17.2. The first kappa shape index (κ1) is 30.7. The molecule has 1 unspecified atom stereocenters. The number of nitrogens with two attached hydrogens (primary N) is 1. The second kappa shape index (κ2) is 11.7. The largest absolute Gasteiger partial charge is 0.444 e. The van der Waals surface area contributed by atoms with Crippen LogP contribution < -0.4 is 15.5 Å². The molecule has 0 spiro atoms. The number of ether oxygens (including phenoxy) is 1. The van der Waals surface area contributed by atoms with Gasteiger partial charge in [-0.3, -0.25) is 4.90 Å². The Morgan fingerprint density at radius 3 is 2.65 bits per heavy atom. The number of pyridine rings is 1. The Morgan fingerprint density at radius 2 is 1.89 bits per heavy atom. The Kier molecular flexibility index (Phi) is 7.84. The van der Waals surface area contributed by atoms with E-state index in [1.807, 2.05) is 26.8 Å². The molecule has 2 N–H and O–H groups in total. The summed E-state index contributed by atoms with van der Waals surface area (Å²) >= 11 is 1.49. The van der Waals surface area contributed by atoms with Crippen molar-refractivity contribution in [3.63, 3.8) is 0 Å². The topological polar surface area (TPSA) is 141 Å². The van der Waals surface area contributed by atoms with E-state index >= 15 is 0 Å². The van der Waals surface area contributed by atoms with Gasteiger partial charge in [-0.25, -0.2) is 9.78 Å². The molecule has 12 nitrogen and oxygen atoms in total. The van der Waals surface area contributed by atoms with Crippen LogP contribution in [0.2, 0.25) is 0 Å². The summed E-state index contributed by atoms with van der Waals surface area (Å²) in [7, 11) is 0. The summed E-state index contributed by atoms with van der Waals surface area (Å²) < 4.78 is 11.6. The molecule has 3 fully saturated rings. The fourth-order valence-corrected chi connectivity index (χ4v) is 8.69. The number of piperazine rings is 2. The lowest BCUT2D eigenvalue weighted by atomic mass is 9.72. The van der Waals surface area contributed by atoms with Crippen molar-refractivity contribution in [1.82, 2.24) is 24.9 Å². The number of thiophene rings is 1. The summed E-state index contributed by atoms with van der Waals surface area (Å²) in [5.41, 5.74) is 8.26. The minimum Gasteiger partial charge on any atom is -0.444 e. The third kappa shape index (κ3) is 5.66. The van der Waals surface area contributed by atoms with Crippen molar-refractivity contribution in [1.29, 1.82) is 5.26 Å². The van der Waals surface area contributed by atoms with E-state index < -0.39 is 11.0 Å². The van der Waals surface area contributed by atoms with Crippen molar-refractivity contribution in [2.45, 2.75) is 76.9 Å². The SMILES string of the molecule is CC(C)(C)OC(=O)N1CCN(c2cc(-c3noc(C4(C)CCCc5sc(N)c(C#N)c54)n3)nc(N3CCN4CCC[C@@H]4C3)c2)CC1. The van der Waals surface area contributed by atoms with Crippen LogP contribution >= 0.6 is 11.3 Å². The Morgan fingerprint density at radius 1 is 1.11 bits per heavy atom. The quantitative estimate of drug-likeness (QED) is 0.425. The molecule has 0 aromatic carbocycles. The van der Waals surface area contributed by atoms with E-state index in [9.17, 15) is 10.1 Å². The van der Waals surface area contributed by atoms with Crippen molar-refractivity contribution in [2.75, 3.05) is 67.9 Å². The Labute approximate surface area is 274 Å². The van der Waals surface area contributed by atoms with E-state index in [0.717, 1.165) is 60.8 Å². The van der Waals surface area contributed by atoms with Crippen LogP contribution in [-0.2, 0) is 16.6 Å². The lowest BCUT2D eigenvalue weighted by Crippen LogP contribution is -2.51. The van der Waals surface area contributed by atoms with Gasteiger partial charge in [-0.1, -0.05) is 5.16 Å². The number of nitrogen functional groups attached to an aromatic ring is 1. The predicted molar refractivity (Wildman–Crippen MR) is 177 cm³/mol. The van der Waals surface area contributed by atoms with Gasteiger partial charge in [0.1, 0.15) is 28.2 Å². The third-order valence-electron chi connectivity index (χ3n) is 9.88. The molecule has 1 amide bonds. The summed E-state index contributed by atoms with van der Waals surface area (Å²) in [6.07, 6.45) is 4.82. The van der Waals surface area contributed by atoms with Gasteiger partial charge in [0.05, 0.1) is 11.0 Å². The molecule has 46 heavy (non-hydrogen) atoms. The highest BCUT2D eigenvalue weighted by atomic mass is 32.1. The van der Waals surface area contributed by atoms with Crippen LogP contribution in [-0.4, -0.2) is 95.0 Å². The van der Waals surface area contributed by atoms with Gasteiger partial charge >= 0.3 is 6.09 Å². The fraction of sp³-hybridized carbons (Fsp3) is 0.606. The van der Waals surface area contributed by atoms with Gasteiger partial charge in [-0.2, -0.15) is 10.2 Å². The van der Waals surface area contributed by atoms with E-state index in [2.05, 4.69) is 38.9 Å². The van der Waals surface area contributed by atoms with E-state index in [-0.39, 0.29) is 6.09 Å². The third-order valence-corrected chi connectivity index (χ3v) is 11.0. The Bertz CT molecular complexity index is 1660. The number of anilines is 3. The van der Waals surface area contributed by atoms with Gasteiger partial charge in [-0.05, 0) is 72.4 Å². The van der Waals surface area contributed by atoms with E-state index in [1.165, 1.54) is 30.7 Å². The molecule has 13 heteroatoms. The van der Waals surface area contributed by atoms with E-state index in [1.54, 1.807) is 4.90 Å². The zero-order valence-electron chi connectivity index (χ0n) is 27.2. The summed E-state index contributed by atoms with van der Waals surface area (Å²) in [5, 5.41) is 15.0. The van der Waals surface area contributed by atoms with Crippen LogP contribution in [0.3, 0.4) is 0 Å². The highest BCUT2D eigenvalue weighted by Crippen LogP contribution is 2.48. The molecular formula is C33H43N9O3S. The molecule has 3 aromatic heterocycles. The average molecular weight is 646 g/mol. The monoisotopic (exact) mass is 645 g/mol. The van der Waals surface area contributed by atoms with Crippen LogP contribution in [0.15, 0.2) is 16.7 Å². The lowest BCUT2D eigenvalue weighted by Gasteiger charge is -2.39. The van der Waals surface area contributed by atoms with Gasteiger partial charge in [-0.15, -0.1) is 11.3 Å². The Balaban J connectivity index is 1.20. The zero-order valence-corrected chi connectivity index (χ0v) is 28.0. The number of rotatable bonds is 4. The number of hydrogen-bond acceptors (Lipinski definition) is 12. The number of hydrogen-bond donors (Lipinski definition) is 1. The van der Waals surface area contributed by atoms with Gasteiger partial charge in [0.2, 0.25) is 11.7 Å². The second-order valence-electron chi connectivity index (χ2n) is 14.2. The molecule has 2 atom stereocenters. The van der Waals surface area contributed by atoms with Crippen LogP contribution in [0.1, 0.15) is 75.3 Å². The maximum Gasteiger partial charge on any atom is 0.410 e. The first-order chi connectivity index (χ1) is 22.0. The second-order valence-corrected chi connectivity index (χ2v) is 15.3. The fourth-order valence-electron chi connectivity index (χ4n) is 7.50. The molecule has 3 saturated heterocycles. The number of fused-ring (bicyclic) bond motifs is 2. The van der Waals surface area contributed by atoms with Crippen LogP contribution in [0.4, 0.5) is 21.3 Å². The zero-order chi connectivity index (χ0) is 32.2. The maximum absolute atomic E-state index is 12.7. The van der Waals surface area contributed by atoms with E-state index in [4.69, 9.17) is 25.0 Å². The number of carbonyl (C=O) groups is 1. The average Bonchev–Trinajstić information content (AvgIpc) is 3.79. The first-order valence-electron chi connectivity index (χ1n) is 16.4. The molecule has 3 aromatic rings. The molecule has 244 valence electrons. The smallest absolute Gasteiger partial charge is 0.410 e. The summed E-state index contributed by atoms with van der Waals surface area (Å²) in [4.78, 5) is 33.0. The van der Waals surface area contributed by atoms with Gasteiger partial charge in [0, 0.05) is 74.0 Å². The summed E-state index contributed by atoms with van der Waals surface area (Å²) in [6.45, 7) is 14.3. The molecule has 0 saturated carbocycles. The maximum atomic E-state index is 12.7. The summed E-state index contributed by atoms with van der Waals surface area (Å²) in [5.74, 6) is 1.82. The minimum atomic E-state index is -0.602. The molecular weight excluding hydrogens is 602 g/mol. The standard InChI is InChI=1S/C33H43N9O3S/c1-32(2,3)44-31(43)41-14-11-40(12-15-41)22-17-24(36-26(18-22)42-16-13-39-10-6-7-21(39)20-42)29-37-30(45-38-29)33(4)9-5-8-25-27(33)23(19-34)28(35)46-25/h17-18,21H,5-16,20,35H2,1-4H3/t21-,33?/m1/s1. The van der Waals surface area contributed by atoms with Crippen molar-refractivity contribution < 1.29 is 14.1 Å².